The van der Waals surface area contributed by atoms with E-state index in [9.17, 15) is 15.0 Å². The monoisotopic (exact) mass is 308 g/mol. The first-order valence-electron chi connectivity index (χ1n) is 7.05. The number of ketones is 1. The highest BCUT2D eigenvalue weighted by atomic mass is 16.5. The quantitative estimate of drug-likeness (QED) is 0.713. The molecule has 1 aliphatic rings. The smallest absolute Gasteiger partial charge is 0.174 e. The summed E-state index contributed by atoms with van der Waals surface area (Å²) >= 11 is 0. The van der Waals surface area contributed by atoms with Crippen LogP contribution in [0.15, 0.2) is 53.1 Å². The highest BCUT2D eigenvalue weighted by Gasteiger charge is 2.25. The third-order valence-electron chi connectivity index (χ3n) is 3.79. The van der Waals surface area contributed by atoms with Crippen LogP contribution in [0.5, 0.6) is 23.0 Å². The number of fused-ring (bicyclic) bond motifs is 2. The van der Waals surface area contributed by atoms with Crippen molar-refractivity contribution in [3.05, 3.63) is 59.9 Å². The fraction of sp³-hybridized carbons (Fsp3) is 0.0556. The minimum absolute atomic E-state index is 0.0820. The number of furan rings is 1. The molecule has 0 saturated carbocycles. The van der Waals surface area contributed by atoms with Crippen molar-refractivity contribution >= 4 is 5.78 Å². The molecule has 0 aliphatic carbocycles. The number of hydrogen-bond acceptors (Lipinski definition) is 5. The Morgan fingerprint density at radius 1 is 1.00 bits per heavy atom. The molecule has 5 nitrogen and oxygen atoms in total. The molecule has 2 heterocycles. The zero-order valence-electron chi connectivity index (χ0n) is 11.9. The number of benzene rings is 2. The van der Waals surface area contributed by atoms with Crippen LogP contribution in [-0.2, 0) is 6.42 Å². The molecule has 23 heavy (non-hydrogen) atoms. The van der Waals surface area contributed by atoms with Gasteiger partial charge in [-0.2, -0.15) is 0 Å². The summed E-state index contributed by atoms with van der Waals surface area (Å²) < 4.78 is 11.2. The zero-order chi connectivity index (χ0) is 16.0. The highest BCUT2D eigenvalue weighted by Crippen LogP contribution is 2.41. The first kappa shape index (κ1) is 13.5. The van der Waals surface area contributed by atoms with Crippen molar-refractivity contribution in [2.75, 3.05) is 0 Å². The molecule has 4 rings (SSSR count). The third kappa shape index (κ3) is 2.23. The van der Waals surface area contributed by atoms with Gasteiger partial charge in [0.25, 0.3) is 0 Å². The maximum absolute atomic E-state index is 12.4. The molecule has 5 heteroatoms. The molecule has 2 N–H and O–H groups in total. The molecule has 0 unspecified atom stereocenters. The summed E-state index contributed by atoms with van der Waals surface area (Å²) in [6.45, 7) is 0. The van der Waals surface area contributed by atoms with Gasteiger partial charge in [0.2, 0.25) is 0 Å². The summed E-state index contributed by atoms with van der Waals surface area (Å²) in [4.78, 5) is 12.4. The van der Waals surface area contributed by atoms with Crippen LogP contribution in [0.4, 0.5) is 0 Å². The van der Waals surface area contributed by atoms with Gasteiger partial charge < -0.3 is 19.4 Å². The fourth-order valence-electron chi connectivity index (χ4n) is 2.72. The van der Waals surface area contributed by atoms with Crippen LogP contribution in [0, 0.1) is 0 Å². The second-order valence-corrected chi connectivity index (χ2v) is 5.34. The van der Waals surface area contributed by atoms with E-state index in [1.807, 2.05) is 12.1 Å². The van der Waals surface area contributed by atoms with Crippen molar-refractivity contribution in [1.82, 2.24) is 0 Å². The lowest BCUT2D eigenvalue weighted by Crippen LogP contribution is -2.02. The topological polar surface area (TPSA) is 79.9 Å². The number of carbonyl (C=O) groups is 1. The molecular formula is C18H12O5. The zero-order valence-corrected chi connectivity index (χ0v) is 11.9. The molecule has 1 aromatic heterocycles. The summed E-state index contributed by atoms with van der Waals surface area (Å²) in [5.74, 6) is 0.607. The maximum atomic E-state index is 12.4. The molecule has 0 bridgehead atoms. The number of aromatic hydroxyl groups is 2. The standard InChI is InChI=1S/C18H12O5/c19-12-8-14(21)18-13(20)6-10-3-4-11(15-2-1-5-22-15)7-16(10)23-17(18)9-12/h1-5,7-9,19,21H,6H2. The van der Waals surface area contributed by atoms with Gasteiger partial charge in [0, 0.05) is 29.7 Å². The molecule has 0 amide bonds. The maximum Gasteiger partial charge on any atom is 0.174 e. The number of phenolic OH excluding ortho intramolecular Hbond substituents is 2. The van der Waals surface area contributed by atoms with Crippen LogP contribution in [0.3, 0.4) is 0 Å². The molecule has 0 spiro atoms. The van der Waals surface area contributed by atoms with Gasteiger partial charge in [0.05, 0.1) is 6.26 Å². The van der Waals surface area contributed by atoms with Crippen LogP contribution in [0.1, 0.15) is 15.9 Å². The predicted octanol–water partition coefficient (Wildman–Crippen LogP) is 3.89. The number of phenols is 2. The Balaban J connectivity index is 1.86. The Bertz CT molecular complexity index is 909. The van der Waals surface area contributed by atoms with Gasteiger partial charge in [-0.1, -0.05) is 12.1 Å². The van der Waals surface area contributed by atoms with Gasteiger partial charge in [0.1, 0.15) is 34.3 Å². The van der Waals surface area contributed by atoms with E-state index in [0.717, 1.165) is 11.6 Å². The van der Waals surface area contributed by atoms with Gasteiger partial charge in [-0.05, 0) is 18.2 Å². The Labute approximate surface area is 131 Å². The molecular weight excluding hydrogens is 296 g/mol. The number of carbonyl (C=O) groups excluding carboxylic acids is 1. The van der Waals surface area contributed by atoms with Gasteiger partial charge in [-0.3, -0.25) is 4.79 Å². The SMILES string of the molecule is O=C1Cc2ccc(-c3ccco3)cc2Oc2cc(O)cc(O)c21. The average molecular weight is 308 g/mol. The minimum atomic E-state index is -0.288. The molecule has 0 atom stereocenters. The minimum Gasteiger partial charge on any atom is -0.508 e. The van der Waals surface area contributed by atoms with Crippen molar-refractivity contribution in [2.24, 2.45) is 0 Å². The van der Waals surface area contributed by atoms with Gasteiger partial charge in [-0.15, -0.1) is 0 Å². The molecule has 3 aromatic rings. The Morgan fingerprint density at radius 3 is 2.65 bits per heavy atom. The van der Waals surface area contributed by atoms with Crippen LogP contribution in [0.2, 0.25) is 0 Å². The molecule has 114 valence electrons. The van der Waals surface area contributed by atoms with Gasteiger partial charge in [0.15, 0.2) is 5.78 Å². The lowest BCUT2D eigenvalue weighted by molar-refractivity contribution is 0.0991. The lowest BCUT2D eigenvalue weighted by Gasteiger charge is -2.10. The molecule has 0 fully saturated rings. The van der Waals surface area contributed by atoms with Crippen molar-refractivity contribution in [3.63, 3.8) is 0 Å². The largest absolute Gasteiger partial charge is 0.508 e. The molecule has 0 radical (unpaired) electrons. The van der Waals surface area contributed by atoms with Crippen molar-refractivity contribution in [3.8, 4) is 34.3 Å². The van der Waals surface area contributed by atoms with Gasteiger partial charge in [-0.25, -0.2) is 0 Å². The van der Waals surface area contributed by atoms with Crippen molar-refractivity contribution in [1.29, 1.82) is 0 Å². The second-order valence-electron chi connectivity index (χ2n) is 5.34. The van der Waals surface area contributed by atoms with Crippen LogP contribution in [0.25, 0.3) is 11.3 Å². The number of rotatable bonds is 1. The number of ether oxygens (including phenoxy) is 1. The van der Waals surface area contributed by atoms with Crippen molar-refractivity contribution < 1.29 is 24.2 Å². The Morgan fingerprint density at radius 2 is 1.87 bits per heavy atom. The van der Waals surface area contributed by atoms with E-state index in [1.165, 1.54) is 6.07 Å². The van der Waals surface area contributed by atoms with E-state index >= 15 is 0 Å². The van der Waals surface area contributed by atoms with E-state index in [-0.39, 0.29) is 35.0 Å². The normalized spacial score (nSPS) is 13.0. The van der Waals surface area contributed by atoms with E-state index in [4.69, 9.17) is 9.15 Å². The van der Waals surface area contributed by atoms with Crippen LogP contribution >= 0.6 is 0 Å². The predicted molar refractivity (Wildman–Crippen MR) is 82.0 cm³/mol. The first-order valence-corrected chi connectivity index (χ1v) is 7.05. The number of Topliss-reactive ketones (excluding diaryl/α,β-unsaturated/α-hetero) is 1. The Kier molecular flexibility index (Phi) is 2.87. The summed E-state index contributed by atoms with van der Waals surface area (Å²) in [7, 11) is 0. The summed E-state index contributed by atoms with van der Waals surface area (Å²) in [6.07, 6.45) is 1.69. The first-order chi connectivity index (χ1) is 11.1. The van der Waals surface area contributed by atoms with Crippen LogP contribution in [-0.4, -0.2) is 16.0 Å². The van der Waals surface area contributed by atoms with E-state index in [0.29, 0.717) is 17.1 Å². The highest BCUT2D eigenvalue weighted by molar-refractivity contribution is 6.03. The van der Waals surface area contributed by atoms with E-state index in [1.54, 1.807) is 24.5 Å². The Hall–Kier alpha value is -3.21. The fourth-order valence-corrected chi connectivity index (χ4v) is 2.72. The average Bonchev–Trinajstić information content (AvgIpc) is 2.98. The summed E-state index contributed by atoms with van der Waals surface area (Å²) in [6, 6.07) is 11.5. The summed E-state index contributed by atoms with van der Waals surface area (Å²) in [5.41, 5.74) is 1.60. The van der Waals surface area contributed by atoms with Gasteiger partial charge >= 0.3 is 0 Å². The second kappa shape index (κ2) is 4.91. The third-order valence-corrected chi connectivity index (χ3v) is 3.79. The van der Waals surface area contributed by atoms with E-state index in [2.05, 4.69) is 0 Å². The van der Waals surface area contributed by atoms with Crippen LogP contribution < -0.4 is 4.74 Å². The molecule has 0 saturated heterocycles. The lowest BCUT2D eigenvalue weighted by atomic mass is 10.0. The van der Waals surface area contributed by atoms with Crippen molar-refractivity contribution in [2.45, 2.75) is 6.42 Å². The van der Waals surface area contributed by atoms with E-state index < -0.39 is 0 Å². The molecule has 1 aliphatic heterocycles. The molecule has 2 aromatic carbocycles. The summed E-state index contributed by atoms with van der Waals surface area (Å²) in [5, 5.41) is 19.6. The number of hydrogen-bond donors (Lipinski definition) is 2.